The Morgan fingerprint density at radius 1 is 1.54 bits per heavy atom. The highest BCUT2D eigenvalue weighted by atomic mass is 16.6. The average molecular weight is 188 g/mol. The van der Waals surface area contributed by atoms with Crippen molar-refractivity contribution in [2.75, 3.05) is 0 Å². The maximum atomic E-state index is 11.0. The van der Waals surface area contributed by atoms with Gasteiger partial charge in [0, 0.05) is 12.0 Å². The van der Waals surface area contributed by atoms with Crippen LogP contribution in [0.4, 0.5) is 0 Å². The van der Waals surface area contributed by atoms with Gasteiger partial charge in [-0.3, -0.25) is 0 Å². The van der Waals surface area contributed by atoms with Crippen molar-refractivity contribution >= 4 is 5.97 Å². The second-order valence-corrected chi connectivity index (χ2v) is 2.92. The monoisotopic (exact) mass is 188 g/mol. The summed E-state index contributed by atoms with van der Waals surface area (Å²) >= 11 is 0. The van der Waals surface area contributed by atoms with Crippen molar-refractivity contribution in [2.45, 2.75) is 39.6 Å². The summed E-state index contributed by atoms with van der Waals surface area (Å²) in [5, 5.41) is 18.0. The predicted octanol–water partition coefficient (Wildman–Crippen LogP) is 0.585. The average Bonchev–Trinajstić information content (AvgIpc) is 2.01. The van der Waals surface area contributed by atoms with Crippen LogP contribution in [0.2, 0.25) is 0 Å². The molecule has 0 saturated carbocycles. The summed E-state index contributed by atoms with van der Waals surface area (Å²) in [7, 11) is 0. The van der Waals surface area contributed by atoms with Gasteiger partial charge in [-0.25, -0.2) is 4.79 Å². The number of carbonyl (C=O) groups excluding carboxylic acids is 1. The molecular weight excluding hydrogens is 172 g/mol. The van der Waals surface area contributed by atoms with Crippen LogP contribution >= 0.6 is 0 Å². The molecule has 0 bridgehead atoms. The largest absolute Gasteiger partial charge is 0.433 e. The molecule has 0 aromatic carbocycles. The molecule has 0 fully saturated rings. The zero-order valence-corrected chi connectivity index (χ0v) is 8.15. The topological polar surface area (TPSA) is 66.8 Å². The molecule has 0 aromatic rings. The Hall–Kier alpha value is -0.870. The van der Waals surface area contributed by atoms with Crippen LogP contribution in [-0.4, -0.2) is 28.6 Å². The van der Waals surface area contributed by atoms with Crippen molar-refractivity contribution in [1.82, 2.24) is 0 Å². The van der Waals surface area contributed by atoms with Crippen molar-refractivity contribution in [3.63, 3.8) is 0 Å². The number of aliphatic hydroxyl groups is 2. The van der Waals surface area contributed by atoms with Gasteiger partial charge in [0.15, 0.2) is 0 Å². The zero-order chi connectivity index (χ0) is 10.4. The Labute approximate surface area is 77.8 Å². The Morgan fingerprint density at radius 2 is 2.08 bits per heavy atom. The molecule has 0 amide bonds. The molecule has 0 aliphatic rings. The maximum Gasteiger partial charge on any atom is 0.335 e. The lowest BCUT2D eigenvalue weighted by atomic mass is 10.2. The SMILES string of the molecule is CC=C(C)C(=O)OC(O)CC(C)O. The van der Waals surface area contributed by atoms with Crippen molar-refractivity contribution < 1.29 is 19.7 Å². The summed E-state index contributed by atoms with van der Waals surface area (Å²) < 4.78 is 4.60. The number of ether oxygens (including phenoxy) is 1. The molecule has 4 nitrogen and oxygen atoms in total. The van der Waals surface area contributed by atoms with Gasteiger partial charge in [0.25, 0.3) is 0 Å². The zero-order valence-electron chi connectivity index (χ0n) is 8.15. The summed E-state index contributed by atoms with van der Waals surface area (Å²) in [4.78, 5) is 11.0. The van der Waals surface area contributed by atoms with E-state index in [-0.39, 0.29) is 6.42 Å². The molecule has 0 radical (unpaired) electrons. The lowest BCUT2D eigenvalue weighted by Gasteiger charge is -2.13. The number of aliphatic hydroxyl groups excluding tert-OH is 2. The van der Waals surface area contributed by atoms with Gasteiger partial charge in [0.1, 0.15) is 0 Å². The number of rotatable bonds is 4. The Kier molecular flexibility index (Phi) is 5.34. The summed E-state index contributed by atoms with van der Waals surface area (Å²) in [6, 6.07) is 0. The maximum absolute atomic E-state index is 11.0. The number of esters is 1. The van der Waals surface area contributed by atoms with Crippen LogP contribution in [0.15, 0.2) is 11.6 Å². The van der Waals surface area contributed by atoms with Crippen LogP contribution in [0, 0.1) is 0 Å². The van der Waals surface area contributed by atoms with Crippen LogP contribution in [0.25, 0.3) is 0 Å². The molecule has 2 unspecified atom stereocenters. The molecular formula is C9H16O4. The van der Waals surface area contributed by atoms with Crippen LogP contribution in [0.3, 0.4) is 0 Å². The normalized spacial score (nSPS) is 16.5. The number of allylic oxidation sites excluding steroid dienone is 1. The van der Waals surface area contributed by atoms with E-state index < -0.39 is 18.4 Å². The highest BCUT2D eigenvalue weighted by Crippen LogP contribution is 2.03. The quantitative estimate of drug-likeness (QED) is 0.385. The van der Waals surface area contributed by atoms with Gasteiger partial charge in [-0.2, -0.15) is 0 Å². The molecule has 0 saturated heterocycles. The second kappa shape index (κ2) is 5.72. The molecule has 0 rings (SSSR count). The minimum Gasteiger partial charge on any atom is -0.433 e. The van der Waals surface area contributed by atoms with Crippen LogP contribution < -0.4 is 0 Å². The van der Waals surface area contributed by atoms with Crippen LogP contribution in [-0.2, 0) is 9.53 Å². The molecule has 0 aliphatic heterocycles. The minimum atomic E-state index is -1.23. The minimum absolute atomic E-state index is 0.0305. The first kappa shape index (κ1) is 12.1. The van der Waals surface area contributed by atoms with Gasteiger partial charge in [-0.1, -0.05) is 6.08 Å². The van der Waals surface area contributed by atoms with Crippen LogP contribution in [0.1, 0.15) is 27.2 Å². The fourth-order valence-electron chi connectivity index (χ4n) is 0.674. The van der Waals surface area contributed by atoms with E-state index >= 15 is 0 Å². The van der Waals surface area contributed by atoms with Crippen LogP contribution in [0.5, 0.6) is 0 Å². The van der Waals surface area contributed by atoms with Gasteiger partial charge in [-0.15, -0.1) is 0 Å². The number of hydrogen-bond acceptors (Lipinski definition) is 4. The lowest BCUT2D eigenvalue weighted by molar-refractivity contribution is -0.166. The van der Waals surface area contributed by atoms with E-state index in [9.17, 15) is 4.79 Å². The smallest absolute Gasteiger partial charge is 0.335 e. The standard InChI is InChI=1S/C9H16O4/c1-4-6(2)9(12)13-8(11)5-7(3)10/h4,7-8,10-11H,5H2,1-3H3. The van der Waals surface area contributed by atoms with E-state index in [2.05, 4.69) is 4.74 Å². The van der Waals surface area contributed by atoms with E-state index in [1.807, 2.05) is 0 Å². The first-order valence-electron chi connectivity index (χ1n) is 4.17. The van der Waals surface area contributed by atoms with Gasteiger partial charge < -0.3 is 14.9 Å². The van der Waals surface area contributed by atoms with E-state index in [0.29, 0.717) is 5.57 Å². The Balaban J connectivity index is 3.92. The van der Waals surface area contributed by atoms with Gasteiger partial charge in [0.05, 0.1) is 6.10 Å². The third-order valence-corrected chi connectivity index (χ3v) is 1.54. The van der Waals surface area contributed by atoms with Gasteiger partial charge >= 0.3 is 5.97 Å². The second-order valence-electron chi connectivity index (χ2n) is 2.92. The van der Waals surface area contributed by atoms with Crippen molar-refractivity contribution in [1.29, 1.82) is 0 Å². The van der Waals surface area contributed by atoms with Gasteiger partial charge in [-0.05, 0) is 20.8 Å². The fourth-order valence-corrected chi connectivity index (χ4v) is 0.674. The van der Waals surface area contributed by atoms with E-state index in [0.717, 1.165) is 0 Å². The van der Waals surface area contributed by atoms with Crippen molar-refractivity contribution in [2.24, 2.45) is 0 Å². The number of carbonyl (C=O) groups is 1. The lowest BCUT2D eigenvalue weighted by Crippen LogP contribution is -2.22. The third kappa shape index (κ3) is 5.38. The summed E-state index contributed by atoms with van der Waals surface area (Å²) in [5.74, 6) is -0.560. The predicted molar refractivity (Wildman–Crippen MR) is 47.8 cm³/mol. The van der Waals surface area contributed by atoms with E-state index in [1.54, 1.807) is 19.9 Å². The number of hydrogen-bond donors (Lipinski definition) is 2. The highest BCUT2D eigenvalue weighted by Gasteiger charge is 2.13. The molecule has 2 atom stereocenters. The summed E-state index contributed by atoms with van der Waals surface area (Å²) in [6.45, 7) is 4.81. The van der Waals surface area contributed by atoms with Crippen molar-refractivity contribution in [3.05, 3.63) is 11.6 Å². The van der Waals surface area contributed by atoms with E-state index in [1.165, 1.54) is 6.92 Å². The molecule has 0 spiro atoms. The molecule has 0 heterocycles. The summed E-state index contributed by atoms with van der Waals surface area (Å²) in [5.41, 5.74) is 0.435. The molecule has 2 N–H and O–H groups in total. The fraction of sp³-hybridized carbons (Fsp3) is 0.667. The summed E-state index contributed by atoms with van der Waals surface area (Å²) in [6.07, 6.45) is -0.295. The third-order valence-electron chi connectivity index (χ3n) is 1.54. The molecule has 0 aliphatic carbocycles. The Bertz CT molecular complexity index is 196. The molecule has 13 heavy (non-hydrogen) atoms. The highest BCUT2D eigenvalue weighted by molar-refractivity contribution is 5.87. The molecule has 76 valence electrons. The first-order chi connectivity index (χ1) is 5.97. The molecule has 0 aromatic heterocycles. The van der Waals surface area contributed by atoms with E-state index in [4.69, 9.17) is 10.2 Å². The van der Waals surface area contributed by atoms with Crippen molar-refractivity contribution in [3.8, 4) is 0 Å². The first-order valence-corrected chi connectivity index (χ1v) is 4.17. The Morgan fingerprint density at radius 3 is 2.46 bits per heavy atom. The molecule has 4 heteroatoms. The van der Waals surface area contributed by atoms with Gasteiger partial charge in [0.2, 0.25) is 6.29 Å².